The summed E-state index contributed by atoms with van der Waals surface area (Å²) in [5.74, 6) is -0.00825. The second-order valence-corrected chi connectivity index (χ2v) is 4.24. The van der Waals surface area contributed by atoms with Crippen molar-refractivity contribution in [2.45, 2.75) is 20.3 Å². The Balaban J connectivity index is 2.63. The monoisotopic (exact) mass is 264 g/mol. The Kier molecular flexibility index (Phi) is 5.85. The summed E-state index contributed by atoms with van der Waals surface area (Å²) in [5.41, 5.74) is 1.40. The molecule has 5 nitrogen and oxygen atoms in total. The van der Waals surface area contributed by atoms with Crippen molar-refractivity contribution in [1.82, 2.24) is 10.6 Å². The van der Waals surface area contributed by atoms with E-state index in [1.165, 1.54) is 7.11 Å². The van der Waals surface area contributed by atoms with Crippen molar-refractivity contribution in [2.24, 2.45) is 0 Å². The molecule has 0 aliphatic rings. The molecule has 1 aromatic carbocycles. The van der Waals surface area contributed by atoms with Crippen molar-refractivity contribution >= 4 is 11.8 Å². The summed E-state index contributed by atoms with van der Waals surface area (Å²) in [6, 6.07) is 5.34. The molecule has 0 aliphatic carbocycles. The summed E-state index contributed by atoms with van der Waals surface area (Å²) < 4.78 is 5.13. The number of carbonyl (C=O) groups excluding carboxylic acids is 2. The summed E-state index contributed by atoms with van der Waals surface area (Å²) in [6.07, 6.45) is 0.866. The molecule has 5 heteroatoms. The first-order valence-corrected chi connectivity index (χ1v) is 6.28. The molecule has 0 bridgehead atoms. The normalized spacial score (nSPS) is 9.84. The van der Waals surface area contributed by atoms with E-state index in [1.807, 2.05) is 19.9 Å². The predicted molar refractivity (Wildman–Crippen MR) is 73.4 cm³/mol. The van der Waals surface area contributed by atoms with Gasteiger partial charge in [-0.15, -0.1) is 0 Å². The van der Waals surface area contributed by atoms with Gasteiger partial charge < -0.3 is 15.4 Å². The number of ether oxygens (including phenoxy) is 1. The molecule has 0 heterocycles. The molecule has 0 saturated carbocycles. The van der Waals surface area contributed by atoms with E-state index in [4.69, 9.17) is 4.74 Å². The third kappa shape index (κ3) is 4.62. The van der Waals surface area contributed by atoms with E-state index < -0.39 is 0 Å². The molecule has 19 heavy (non-hydrogen) atoms. The summed E-state index contributed by atoms with van der Waals surface area (Å²) >= 11 is 0. The number of nitrogens with one attached hydrogen (secondary N) is 2. The lowest BCUT2D eigenvalue weighted by molar-refractivity contribution is -0.120. The highest BCUT2D eigenvalue weighted by Gasteiger charge is 2.13. The van der Waals surface area contributed by atoms with Crippen molar-refractivity contribution in [1.29, 1.82) is 0 Å². The van der Waals surface area contributed by atoms with Gasteiger partial charge in [-0.05, 0) is 25.5 Å². The number of carbonyl (C=O) groups is 2. The van der Waals surface area contributed by atoms with Gasteiger partial charge in [0.2, 0.25) is 5.91 Å². The second-order valence-electron chi connectivity index (χ2n) is 4.24. The van der Waals surface area contributed by atoms with Crippen LogP contribution in [0.15, 0.2) is 18.2 Å². The molecule has 0 aliphatic heterocycles. The average molecular weight is 264 g/mol. The van der Waals surface area contributed by atoms with Crippen LogP contribution in [-0.2, 0) is 4.79 Å². The van der Waals surface area contributed by atoms with E-state index in [0.29, 0.717) is 17.9 Å². The fraction of sp³-hybridized carbons (Fsp3) is 0.429. The van der Waals surface area contributed by atoms with Gasteiger partial charge in [0, 0.05) is 6.54 Å². The smallest absolute Gasteiger partial charge is 0.255 e. The third-order valence-electron chi connectivity index (χ3n) is 2.58. The fourth-order valence-corrected chi connectivity index (χ4v) is 1.58. The van der Waals surface area contributed by atoms with Gasteiger partial charge in [0.1, 0.15) is 5.75 Å². The maximum Gasteiger partial charge on any atom is 0.255 e. The Hall–Kier alpha value is -2.04. The van der Waals surface area contributed by atoms with E-state index >= 15 is 0 Å². The van der Waals surface area contributed by atoms with Crippen molar-refractivity contribution in [3.8, 4) is 5.75 Å². The number of methoxy groups -OCH3 is 1. The van der Waals surface area contributed by atoms with E-state index in [-0.39, 0.29) is 18.4 Å². The number of hydrogen-bond donors (Lipinski definition) is 2. The highest BCUT2D eigenvalue weighted by atomic mass is 16.5. The van der Waals surface area contributed by atoms with Gasteiger partial charge in [0.05, 0.1) is 19.2 Å². The Bertz CT molecular complexity index is 458. The maximum atomic E-state index is 12.0. The van der Waals surface area contributed by atoms with Crippen LogP contribution in [0.5, 0.6) is 5.75 Å². The zero-order chi connectivity index (χ0) is 14.3. The van der Waals surface area contributed by atoms with Crippen LogP contribution in [0.25, 0.3) is 0 Å². The quantitative estimate of drug-likeness (QED) is 0.813. The summed E-state index contributed by atoms with van der Waals surface area (Å²) in [5, 5.41) is 5.27. The minimum absolute atomic E-state index is 0.0318. The molecule has 1 rings (SSSR count). The summed E-state index contributed by atoms with van der Waals surface area (Å²) in [7, 11) is 1.51. The zero-order valence-electron chi connectivity index (χ0n) is 11.6. The Morgan fingerprint density at radius 1 is 1.26 bits per heavy atom. The minimum Gasteiger partial charge on any atom is -0.496 e. The van der Waals surface area contributed by atoms with Crippen LogP contribution < -0.4 is 15.4 Å². The molecule has 0 spiro atoms. The first-order valence-electron chi connectivity index (χ1n) is 6.28. The number of hydrogen-bond acceptors (Lipinski definition) is 3. The minimum atomic E-state index is -0.313. The van der Waals surface area contributed by atoms with E-state index in [0.717, 1.165) is 12.0 Å². The maximum absolute atomic E-state index is 12.0. The molecule has 0 atom stereocenters. The lowest BCUT2D eigenvalue weighted by Gasteiger charge is -2.10. The number of benzene rings is 1. The molecule has 0 radical (unpaired) electrons. The van der Waals surface area contributed by atoms with Crippen molar-refractivity contribution in [2.75, 3.05) is 20.2 Å². The van der Waals surface area contributed by atoms with Gasteiger partial charge in [0.15, 0.2) is 0 Å². The molecule has 2 N–H and O–H groups in total. The van der Waals surface area contributed by atoms with Crippen LogP contribution in [0.2, 0.25) is 0 Å². The van der Waals surface area contributed by atoms with Gasteiger partial charge in [0.25, 0.3) is 5.91 Å². The molecule has 0 aromatic heterocycles. The molecule has 0 unspecified atom stereocenters. The topological polar surface area (TPSA) is 67.4 Å². The molecule has 0 fully saturated rings. The number of aryl methyl sites for hydroxylation is 1. The van der Waals surface area contributed by atoms with Gasteiger partial charge >= 0.3 is 0 Å². The van der Waals surface area contributed by atoms with Gasteiger partial charge in [-0.25, -0.2) is 0 Å². The predicted octanol–water partition coefficient (Wildman–Crippen LogP) is 1.26. The van der Waals surface area contributed by atoms with Crippen LogP contribution in [0, 0.1) is 6.92 Å². The molecule has 104 valence electrons. The second kappa shape index (κ2) is 7.41. The van der Waals surface area contributed by atoms with Crippen LogP contribution in [-0.4, -0.2) is 32.0 Å². The summed E-state index contributed by atoms with van der Waals surface area (Å²) in [6.45, 7) is 4.44. The van der Waals surface area contributed by atoms with Crippen molar-refractivity contribution in [3.63, 3.8) is 0 Å². The van der Waals surface area contributed by atoms with Crippen LogP contribution in [0.4, 0.5) is 0 Å². The summed E-state index contributed by atoms with van der Waals surface area (Å²) in [4.78, 5) is 23.4. The van der Waals surface area contributed by atoms with Gasteiger partial charge in [-0.2, -0.15) is 0 Å². The van der Waals surface area contributed by atoms with Gasteiger partial charge in [-0.1, -0.05) is 18.6 Å². The largest absolute Gasteiger partial charge is 0.496 e. The standard InChI is InChI=1S/C14H20N2O3/c1-4-7-15-13(17)9-16-14(18)11-8-10(2)5-6-12(11)19-3/h5-6,8H,4,7,9H2,1-3H3,(H,15,17)(H,16,18). The van der Waals surface area contributed by atoms with Crippen LogP contribution in [0.1, 0.15) is 29.3 Å². The lowest BCUT2D eigenvalue weighted by atomic mass is 10.1. The van der Waals surface area contributed by atoms with E-state index in [2.05, 4.69) is 10.6 Å². The zero-order valence-corrected chi connectivity index (χ0v) is 11.6. The fourth-order valence-electron chi connectivity index (χ4n) is 1.58. The lowest BCUT2D eigenvalue weighted by Crippen LogP contribution is -2.37. The van der Waals surface area contributed by atoms with E-state index in [9.17, 15) is 9.59 Å². The number of rotatable bonds is 6. The highest BCUT2D eigenvalue weighted by molar-refractivity contribution is 5.98. The average Bonchev–Trinajstić information content (AvgIpc) is 2.42. The molecular weight excluding hydrogens is 244 g/mol. The van der Waals surface area contributed by atoms with Crippen molar-refractivity contribution in [3.05, 3.63) is 29.3 Å². The molecule has 1 aromatic rings. The molecule has 0 saturated heterocycles. The molecular formula is C14H20N2O3. The van der Waals surface area contributed by atoms with Crippen molar-refractivity contribution < 1.29 is 14.3 Å². The van der Waals surface area contributed by atoms with Crippen LogP contribution in [0.3, 0.4) is 0 Å². The Morgan fingerprint density at radius 3 is 2.63 bits per heavy atom. The first kappa shape index (κ1) is 15.0. The Labute approximate surface area is 113 Å². The first-order chi connectivity index (χ1) is 9.08. The molecule has 2 amide bonds. The number of amides is 2. The van der Waals surface area contributed by atoms with Gasteiger partial charge in [-0.3, -0.25) is 9.59 Å². The third-order valence-corrected chi connectivity index (χ3v) is 2.58. The van der Waals surface area contributed by atoms with Crippen LogP contribution >= 0.6 is 0 Å². The van der Waals surface area contributed by atoms with E-state index in [1.54, 1.807) is 12.1 Å². The SMILES string of the molecule is CCCNC(=O)CNC(=O)c1cc(C)ccc1OC. The Morgan fingerprint density at radius 2 is 2.00 bits per heavy atom. The highest BCUT2D eigenvalue weighted by Crippen LogP contribution is 2.19.